The number of benzene rings is 1. The standard InChI is InChI=1S/C13H13F3N4/c1-7-18-19-12(20(7)9-3-4-9)10-6-8(13(14,15)16)2-5-11(10)17/h2,5-6,9H,3-4,17H2,1H3. The molecule has 0 bridgehead atoms. The molecule has 20 heavy (non-hydrogen) atoms. The van der Waals surface area contributed by atoms with Gasteiger partial charge in [0.1, 0.15) is 5.82 Å². The third kappa shape index (κ3) is 2.13. The summed E-state index contributed by atoms with van der Waals surface area (Å²) in [6.07, 6.45) is -2.42. The van der Waals surface area contributed by atoms with Crippen molar-refractivity contribution in [1.29, 1.82) is 0 Å². The van der Waals surface area contributed by atoms with E-state index in [1.54, 1.807) is 6.92 Å². The fraction of sp³-hybridized carbons (Fsp3) is 0.385. The fourth-order valence-corrected chi connectivity index (χ4v) is 2.25. The molecule has 4 nitrogen and oxygen atoms in total. The van der Waals surface area contributed by atoms with Crippen LogP contribution in [-0.2, 0) is 6.18 Å². The number of halogens is 3. The number of aryl methyl sites for hydroxylation is 1. The molecule has 1 heterocycles. The van der Waals surface area contributed by atoms with Crippen LogP contribution < -0.4 is 5.73 Å². The lowest BCUT2D eigenvalue weighted by molar-refractivity contribution is -0.137. The lowest BCUT2D eigenvalue weighted by Crippen LogP contribution is -2.07. The maximum absolute atomic E-state index is 12.8. The predicted molar refractivity (Wildman–Crippen MR) is 67.9 cm³/mol. The molecule has 1 aliphatic carbocycles. The minimum atomic E-state index is -4.40. The minimum Gasteiger partial charge on any atom is -0.398 e. The summed E-state index contributed by atoms with van der Waals surface area (Å²) < 4.78 is 40.3. The van der Waals surface area contributed by atoms with Crippen molar-refractivity contribution in [2.45, 2.75) is 32.0 Å². The number of nitrogen functional groups attached to an aromatic ring is 1. The first kappa shape index (κ1) is 13.0. The van der Waals surface area contributed by atoms with Crippen molar-refractivity contribution < 1.29 is 13.2 Å². The van der Waals surface area contributed by atoms with Gasteiger partial charge in [0.2, 0.25) is 0 Å². The average Bonchev–Trinajstić information content (AvgIpc) is 3.12. The Hall–Kier alpha value is -2.05. The van der Waals surface area contributed by atoms with Gasteiger partial charge in [0.25, 0.3) is 0 Å². The van der Waals surface area contributed by atoms with Crippen LogP contribution in [0.3, 0.4) is 0 Å². The first-order valence-electron chi connectivity index (χ1n) is 6.26. The number of anilines is 1. The molecule has 0 spiro atoms. The van der Waals surface area contributed by atoms with Crippen molar-refractivity contribution in [3.05, 3.63) is 29.6 Å². The Morgan fingerprint density at radius 2 is 1.95 bits per heavy atom. The summed E-state index contributed by atoms with van der Waals surface area (Å²) in [7, 11) is 0. The number of aromatic nitrogens is 3. The van der Waals surface area contributed by atoms with E-state index in [1.165, 1.54) is 6.07 Å². The van der Waals surface area contributed by atoms with E-state index in [0.29, 0.717) is 11.6 Å². The number of rotatable bonds is 2. The summed E-state index contributed by atoms with van der Waals surface area (Å²) in [4.78, 5) is 0. The van der Waals surface area contributed by atoms with Gasteiger partial charge in [-0.25, -0.2) is 0 Å². The Kier molecular flexibility index (Phi) is 2.74. The van der Waals surface area contributed by atoms with Gasteiger partial charge in [-0.05, 0) is 38.0 Å². The van der Waals surface area contributed by atoms with E-state index < -0.39 is 11.7 Å². The van der Waals surface area contributed by atoms with Crippen molar-refractivity contribution in [2.24, 2.45) is 0 Å². The zero-order valence-electron chi connectivity index (χ0n) is 10.8. The van der Waals surface area contributed by atoms with E-state index in [-0.39, 0.29) is 17.3 Å². The summed E-state index contributed by atoms with van der Waals surface area (Å²) in [5.74, 6) is 1.10. The smallest absolute Gasteiger partial charge is 0.398 e. The van der Waals surface area contributed by atoms with E-state index in [9.17, 15) is 13.2 Å². The zero-order valence-corrected chi connectivity index (χ0v) is 10.8. The van der Waals surface area contributed by atoms with Crippen LogP contribution in [0, 0.1) is 6.92 Å². The molecule has 0 aliphatic heterocycles. The summed E-state index contributed by atoms with van der Waals surface area (Å²) in [5.41, 5.74) is 5.64. The van der Waals surface area contributed by atoms with E-state index in [0.717, 1.165) is 25.0 Å². The van der Waals surface area contributed by atoms with Gasteiger partial charge in [-0.1, -0.05) is 0 Å². The molecule has 1 aromatic carbocycles. The number of alkyl halides is 3. The molecule has 2 aromatic rings. The molecule has 106 valence electrons. The van der Waals surface area contributed by atoms with Crippen LogP contribution in [0.4, 0.5) is 18.9 Å². The molecule has 0 amide bonds. The summed E-state index contributed by atoms with van der Waals surface area (Å²) >= 11 is 0. The number of hydrogen-bond donors (Lipinski definition) is 1. The minimum absolute atomic E-state index is 0.271. The molecule has 1 aliphatic rings. The molecular formula is C13H13F3N4. The summed E-state index contributed by atoms with van der Waals surface area (Å²) in [6, 6.07) is 3.55. The first-order valence-corrected chi connectivity index (χ1v) is 6.26. The highest BCUT2D eigenvalue weighted by Gasteiger charge is 2.33. The number of nitrogens with two attached hydrogens (primary N) is 1. The molecule has 1 saturated carbocycles. The molecule has 0 atom stereocenters. The van der Waals surface area contributed by atoms with Gasteiger partial charge < -0.3 is 10.3 Å². The SMILES string of the molecule is Cc1nnc(-c2cc(C(F)(F)F)ccc2N)n1C1CC1. The predicted octanol–water partition coefficient (Wildman–Crippen LogP) is 3.19. The zero-order chi connectivity index (χ0) is 14.5. The Bertz CT molecular complexity index is 656. The van der Waals surface area contributed by atoms with Crippen LogP contribution in [0.25, 0.3) is 11.4 Å². The lowest BCUT2D eigenvalue weighted by Gasteiger charge is -2.12. The van der Waals surface area contributed by atoms with Crippen LogP contribution in [0.2, 0.25) is 0 Å². The first-order chi connectivity index (χ1) is 9.38. The topological polar surface area (TPSA) is 56.7 Å². The second kappa shape index (κ2) is 4.22. The van der Waals surface area contributed by atoms with Crippen LogP contribution in [0.1, 0.15) is 30.3 Å². The summed E-state index contributed by atoms with van der Waals surface area (Å²) in [5, 5.41) is 7.96. The van der Waals surface area contributed by atoms with Gasteiger partial charge in [0, 0.05) is 17.3 Å². The third-order valence-electron chi connectivity index (χ3n) is 3.40. The highest BCUT2D eigenvalue weighted by atomic mass is 19.4. The second-order valence-corrected chi connectivity index (χ2v) is 4.97. The number of hydrogen-bond acceptors (Lipinski definition) is 3. The number of nitrogens with zero attached hydrogens (tertiary/aromatic N) is 3. The van der Waals surface area contributed by atoms with Gasteiger partial charge in [-0.15, -0.1) is 10.2 Å². The highest BCUT2D eigenvalue weighted by Crippen LogP contribution is 2.41. The maximum atomic E-state index is 12.8. The normalized spacial score (nSPS) is 15.6. The average molecular weight is 282 g/mol. The fourth-order valence-electron chi connectivity index (χ4n) is 2.25. The molecule has 7 heteroatoms. The van der Waals surface area contributed by atoms with Gasteiger partial charge in [-0.2, -0.15) is 13.2 Å². The molecular weight excluding hydrogens is 269 g/mol. The monoisotopic (exact) mass is 282 g/mol. The molecule has 0 unspecified atom stereocenters. The van der Waals surface area contributed by atoms with Crippen molar-refractivity contribution in [1.82, 2.24) is 14.8 Å². The lowest BCUT2D eigenvalue weighted by atomic mass is 10.1. The Labute approximate surface area is 113 Å². The van der Waals surface area contributed by atoms with E-state index in [4.69, 9.17) is 5.73 Å². The Balaban J connectivity index is 2.14. The maximum Gasteiger partial charge on any atom is 0.416 e. The third-order valence-corrected chi connectivity index (χ3v) is 3.40. The van der Waals surface area contributed by atoms with E-state index in [1.807, 2.05) is 4.57 Å². The van der Waals surface area contributed by atoms with Gasteiger partial charge in [0.15, 0.2) is 5.82 Å². The van der Waals surface area contributed by atoms with Gasteiger partial charge >= 0.3 is 6.18 Å². The van der Waals surface area contributed by atoms with Gasteiger partial charge in [0.05, 0.1) is 5.56 Å². The molecule has 0 radical (unpaired) electrons. The Morgan fingerprint density at radius 3 is 2.55 bits per heavy atom. The van der Waals surface area contributed by atoms with Crippen molar-refractivity contribution in [2.75, 3.05) is 5.73 Å². The molecule has 2 N–H and O–H groups in total. The molecule has 1 fully saturated rings. The van der Waals surface area contributed by atoms with Crippen LogP contribution in [-0.4, -0.2) is 14.8 Å². The van der Waals surface area contributed by atoms with Crippen molar-refractivity contribution >= 4 is 5.69 Å². The molecule has 1 aromatic heterocycles. The molecule has 3 rings (SSSR count). The van der Waals surface area contributed by atoms with E-state index >= 15 is 0 Å². The quantitative estimate of drug-likeness (QED) is 0.861. The van der Waals surface area contributed by atoms with E-state index in [2.05, 4.69) is 10.2 Å². The van der Waals surface area contributed by atoms with Crippen LogP contribution in [0.15, 0.2) is 18.2 Å². The Morgan fingerprint density at radius 1 is 1.25 bits per heavy atom. The van der Waals surface area contributed by atoms with Crippen molar-refractivity contribution in [3.8, 4) is 11.4 Å². The van der Waals surface area contributed by atoms with Gasteiger partial charge in [-0.3, -0.25) is 0 Å². The van der Waals surface area contributed by atoms with Crippen molar-refractivity contribution in [3.63, 3.8) is 0 Å². The second-order valence-electron chi connectivity index (χ2n) is 4.97. The summed E-state index contributed by atoms with van der Waals surface area (Å²) in [6.45, 7) is 1.79. The van der Waals surface area contributed by atoms with Crippen LogP contribution >= 0.6 is 0 Å². The molecule has 0 saturated heterocycles. The highest BCUT2D eigenvalue weighted by molar-refractivity contribution is 5.72. The van der Waals surface area contributed by atoms with Crippen LogP contribution in [0.5, 0.6) is 0 Å². The largest absolute Gasteiger partial charge is 0.416 e.